The quantitative estimate of drug-likeness (QED) is 0.650. The molecule has 0 aliphatic heterocycles. The van der Waals surface area contributed by atoms with Crippen LogP contribution in [0.3, 0.4) is 0 Å². The summed E-state index contributed by atoms with van der Waals surface area (Å²) in [6, 6.07) is 8.49. The van der Waals surface area contributed by atoms with Crippen molar-refractivity contribution in [2.45, 2.75) is 0 Å². The summed E-state index contributed by atoms with van der Waals surface area (Å²) >= 11 is 0. The van der Waals surface area contributed by atoms with Gasteiger partial charge in [-0.1, -0.05) is 18.2 Å². The molecule has 2 N–H and O–H groups in total. The smallest absolute Gasteiger partial charge is 0.356 e. The molecule has 3 aromatic rings. The van der Waals surface area contributed by atoms with Crippen LogP contribution in [0.15, 0.2) is 39.9 Å². The van der Waals surface area contributed by atoms with Crippen LogP contribution >= 0.6 is 0 Å². The number of benzene rings is 1. The van der Waals surface area contributed by atoms with E-state index >= 15 is 0 Å². The fourth-order valence-electron chi connectivity index (χ4n) is 1.72. The van der Waals surface area contributed by atoms with Crippen LogP contribution in [0.5, 0.6) is 0 Å². The average Bonchev–Trinajstić information content (AvgIpc) is 2.96. The number of aromatic nitrogens is 2. The molecule has 7 heteroatoms. The molecule has 2 heterocycles. The Bertz CT molecular complexity index is 848. The van der Waals surface area contributed by atoms with Crippen LogP contribution in [0.1, 0.15) is 10.5 Å². The first kappa shape index (κ1) is 11.1. The lowest BCUT2D eigenvalue weighted by molar-refractivity contribution is 0.0692. The van der Waals surface area contributed by atoms with Gasteiger partial charge in [0.1, 0.15) is 0 Å². The Kier molecular flexibility index (Phi) is 2.21. The minimum Gasteiger partial charge on any atom is -0.476 e. The van der Waals surface area contributed by atoms with Gasteiger partial charge in [0.15, 0.2) is 5.69 Å². The van der Waals surface area contributed by atoms with Gasteiger partial charge in [-0.3, -0.25) is 15.0 Å². The first-order valence-electron chi connectivity index (χ1n) is 5.36. The summed E-state index contributed by atoms with van der Waals surface area (Å²) in [6.45, 7) is 0. The van der Waals surface area contributed by atoms with Crippen LogP contribution < -0.4 is 16.5 Å². The normalized spacial score (nSPS) is 10.9. The third kappa shape index (κ3) is 1.77. The number of fused-ring (bicyclic) bond motifs is 1. The predicted octanol–water partition coefficient (Wildman–Crippen LogP) is 0.206. The van der Waals surface area contributed by atoms with E-state index in [1.165, 1.54) is 6.07 Å². The Hall–Kier alpha value is -2.96. The molecule has 0 radical (unpaired) electrons. The number of carbonyl (C=O) groups is 1. The van der Waals surface area contributed by atoms with Crippen molar-refractivity contribution in [3.05, 3.63) is 56.7 Å². The molecule has 0 unspecified atom stereocenters. The SMILES string of the molecule is O=C(O)c1nc2ccccc2cc1Nn1c(=O)c1=O. The molecule has 7 nitrogen and oxygen atoms in total. The number of carboxylic acids is 1. The van der Waals surface area contributed by atoms with Crippen LogP contribution in [0.2, 0.25) is 0 Å². The lowest BCUT2D eigenvalue weighted by atomic mass is 10.2. The zero-order valence-corrected chi connectivity index (χ0v) is 9.45. The van der Waals surface area contributed by atoms with Crippen molar-refractivity contribution >= 4 is 22.6 Å². The van der Waals surface area contributed by atoms with Crippen molar-refractivity contribution in [1.29, 1.82) is 0 Å². The van der Waals surface area contributed by atoms with E-state index in [0.29, 0.717) is 10.9 Å². The van der Waals surface area contributed by atoms with E-state index in [4.69, 9.17) is 5.11 Å². The van der Waals surface area contributed by atoms with Gasteiger partial charge in [0.25, 0.3) is 0 Å². The molecular formula is C12H7N3O4. The number of hydrogen-bond donors (Lipinski definition) is 2. The van der Waals surface area contributed by atoms with Crippen LogP contribution in [-0.2, 0) is 0 Å². The molecule has 0 saturated heterocycles. The summed E-state index contributed by atoms with van der Waals surface area (Å²) in [4.78, 5) is 37.0. The summed E-state index contributed by atoms with van der Waals surface area (Å²) in [6.07, 6.45) is 0. The summed E-state index contributed by atoms with van der Waals surface area (Å²) in [5, 5.41) is 9.80. The molecule has 19 heavy (non-hydrogen) atoms. The van der Waals surface area contributed by atoms with Crippen molar-refractivity contribution in [3.8, 4) is 0 Å². The van der Waals surface area contributed by atoms with Crippen molar-refractivity contribution in [1.82, 2.24) is 9.66 Å². The standard InChI is InChI=1S/C12H7N3O4/c16-10-11(17)15(10)14-8-5-6-3-1-2-4-7(6)13-9(8)12(18)19/h1-5,14H,(H,18,19). The number of para-hydroxylation sites is 1. The van der Waals surface area contributed by atoms with Gasteiger partial charge in [0.2, 0.25) is 0 Å². The van der Waals surface area contributed by atoms with Crippen molar-refractivity contribution in [3.63, 3.8) is 0 Å². The second kappa shape index (κ2) is 3.77. The Morgan fingerprint density at radius 2 is 1.89 bits per heavy atom. The van der Waals surface area contributed by atoms with E-state index in [2.05, 4.69) is 10.4 Å². The van der Waals surface area contributed by atoms with Gasteiger partial charge in [0, 0.05) is 5.39 Å². The lowest BCUT2D eigenvalue weighted by Crippen LogP contribution is -2.13. The maximum atomic E-state index is 11.1. The first-order valence-corrected chi connectivity index (χ1v) is 5.36. The van der Waals surface area contributed by atoms with Crippen LogP contribution in [0, 0.1) is 0 Å². The number of pyridine rings is 1. The fraction of sp³-hybridized carbons (Fsp3) is 0. The third-order valence-corrected chi connectivity index (χ3v) is 2.70. The molecule has 2 aromatic heterocycles. The van der Waals surface area contributed by atoms with Gasteiger partial charge >= 0.3 is 17.1 Å². The highest BCUT2D eigenvalue weighted by Crippen LogP contribution is 2.20. The second-order valence-electron chi connectivity index (χ2n) is 3.94. The van der Waals surface area contributed by atoms with Gasteiger partial charge in [-0.15, -0.1) is 0 Å². The summed E-state index contributed by atoms with van der Waals surface area (Å²) in [7, 11) is 0. The van der Waals surface area contributed by atoms with E-state index < -0.39 is 17.1 Å². The summed E-state index contributed by atoms with van der Waals surface area (Å²) < 4.78 is 0.734. The Morgan fingerprint density at radius 1 is 1.21 bits per heavy atom. The van der Waals surface area contributed by atoms with E-state index in [0.717, 1.165) is 4.68 Å². The minimum absolute atomic E-state index is 0.102. The maximum absolute atomic E-state index is 11.1. The van der Waals surface area contributed by atoms with Crippen LogP contribution in [0.25, 0.3) is 10.9 Å². The molecule has 0 amide bonds. The number of nitrogens with one attached hydrogen (secondary N) is 1. The average molecular weight is 257 g/mol. The molecule has 0 spiro atoms. The Balaban J connectivity index is 2.18. The van der Waals surface area contributed by atoms with Gasteiger partial charge < -0.3 is 5.11 Å². The van der Waals surface area contributed by atoms with E-state index in [1.54, 1.807) is 24.3 Å². The van der Waals surface area contributed by atoms with E-state index in [-0.39, 0.29) is 11.4 Å². The highest BCUT2D eigenvalue weighted by Gasteiger charge is 2.20. The lowest BCUT2D eigenvalue weighted by Gasteiger charge is -2.07. The Morgan fingerprint density at radius 3 is 2.53 bits per heavy atom. The number of rotatable bonds is 3. The predicted molar refractivity (Wildman–Crippen MR) is 67.1 cm³/mol. The van der Waals surface area contributed by atoms with Crippen LogP contribution in [0.4, 0.5) is 5.69 Å². The highest BCUT2D eigenvalue weighted by atomic mass is 16.4. The minimum atomic E-state index is -1.24. The number of anilines is 1. The topological polar surface area (TPSA) is 101 Å². The second-order valence-corrected chi connectivity index (χ2v) is 3.94. The van der Waals surface area contributed by atoms with E-state index in [1.807, 2.05) is 0 Å². The molecule has 1 aromatic carbocycles. The number of nitrogens with zero attached hydrogens (tertiary/aromatic N) is 2. The van der Waals surface area contributed by atoms with Crippen molar-refractivity contribution in [2.24, 2.45) is 0 Å². The summed E-state index contributed by atoms with van der Waals surface area (Å²) in [5.41, 5.74) is 1.42. The largest absolute Gasteiger partial charge is 0.476 e. The number of hydrogen-bond acceptors (Lipinski definition) is 5. The molecule has 0 fully saturated rings. The third-order valence-electron chi connectivity index (χ3n) is 2.70. The molecule has 0 saturated carbocycles. The number of carboxylic acid groups (broad SMARTS) is 1. The van der Waals surface area contributed by atoms with Crippen molar-refractivity contribution in [2.75, 3.05) is 5.43 Å². The van der Waals surface area contributed by atoms with Crippen LogP contribution in [-0.4, -0.2) is 20.7 Å². The molecular weight excluding hydrogens is 250 g/mol. The molecule has 3 rings (SSSR count). The highest BCUT2D eigenvalue weighted by molar-refractivity contribution is 5.96. The van der Waals surface area contributed by atoms with Gasteiger partial charge in [-0.2, -0.15) is 4.68 Å². The number of aromatic carboxylic acids is 1. The van der Waals surface area contributed by atoms with E-state index in [9.17, 15) is 14.4 Å². The fourth-order valence-corrected chi connectivity index (χ4v) is 1.72. The molecule has 0 atom stereocenters. The zero-order chi connectivity index (χ0) is 13.6. The van der Waals surface area contributed by atoms with Gasteiger partial charge in [-0.05, 0) is 12.1 Å². The van der Waals surface area contributed by atoms with Gasteiger partial charge in [0.05, 0.1) is 11.2 Å². The first-order chi connectivity index (χ1) is 9.08. The van der Waals surface area contributed by atoms with Crippen molar-refractivity contribution < 1.29 is 9.90 Å². The molecule has 0 aliphatic carbocycles. The summed E-state index contributed by atoms with van der Waals surface area (Å²) in [5.74, 6) is -1.24. The maximum Gasteiger partial charge on any atom is 0.356 e. The monoisotopic (exact) mass is 257 g/mol. The molecule has 94 valence electrons. The molecule has 0 aliphatic rings. The Labute approximate surface area is 105 Å². The van der Waals surface area contributed by atoms with Gasteiger partial charge in [-0.25, -0.2) is 9.78 Å². The zero-order valence-electron chi connectivity index (χ0n) is 9.45. The molecule has 0 bridgehead atoms.